The summed E-state index contributed by atoms with van der Waals surface area (Å²) in [4.78, 5) is 28.0. The molecule has 2 heterocycles. The van der Waals surface area contributed by atoms with Gasteiger partial charge in [0, 0.05) is 51.0 Å². The van der Waals surface area contributed by atoms with Gasteiger partial charge in [0.2, 0.25) is 5.91 Å². The number of hydrogen-bond donors (Lipinski definition) is 3. The zero-order valence-corrected chi connectivity index (χ0v) is 14.7. The standard InChI is InChI=1S/C18H27N5O2/c1-14(20-17(24)16-13-19-18(25)21-16)7-8-22-9-11-23(12-10-22)15-5-3-2-4-6-15/h2-6,14,16H,7-13H2,1H3,(H,20,24)(H2,19,21,25)/t14-,16-/m0/s1. The molecule has 1 aromatic rings. The van der Waals surface area contributed by atoms with Gasteiger partial charge in [-0.3, -0.25) is 9.69 Å². The van der Waals surface area contributed by atoms with E-state index in [4.69, 9.17) is 0 Å². The SMILES string of the molecule is C[C@@H](CCN1CCN(c2ccccc2)CC1)NC(=O)[C@@H]1CNC(=O)N1. The Hall–Kier alpha value is -2.28. The number of urea groups is 1. The van der Waals surface area contributed by atoms with E-state index in [-0.39, 0.29) is 18.0 Å². The third-order valence-corrected chi connectivity index (χ3v) is 4.85. The summed E-state index contributed by atoms with van der Waals surface area (Å²) in [6, 6.07) is 9.88. The van der Waals surface area contributed by atoms with Gasteiger partial charge in [-0.2, -0.15) is 0 Å². The molecule has 2 aliphatic rings. The molecule has 2 fully saturated rings. The Morgan fingerprint density at radius 1 is 1.24 bits per heavy atom. The zero-order valence-electron chi connectivity index (χ0n) is 14.7. The van der Waals surface area contributed by atoms with Crippen molar-refractivity contribution in [3.05, 3.63) is 30.3 Å². The Labute approximate surface area is 148 Å². The van der Waals surface area contributed by atoms with Crippen molar-refractivity contribution >= 4 is 17.6 Å². The molecule has 0 radical (unpaired) electrons. The molecule has 3 N–H and O–H groups in total. The number of hydrogen-bond acceptors (Lipinski definition) is 4. The predicted molar refractivity (Wildman–Crippen MR) is 97.6 cm³/mol. The molecular weight excluding hydrogens is 318 g/mol. The molecule has 1 aromatic carbocycles. The second-order valence-corrected chi connectivity index (χ2v) is 6.77. The Morgan fingerprint density at radius 2 is 1.96 bits per heavy atom. The fourth-order valence-corrected chi connectivity index (χ4v) is 3.27. The minimum atomic E-state index is -0.454. The quantitative estimate of drug-likeness (QED) is 0.697. The number of para-hydroxylation sites is 1. The summed E-state index contributed by atoms with van der Waals surface area (Å²) in [5.41, 5.74) is 1.29. The number of nitrogens with zero attached hydrogens (tertiary/aromatic N) is 2. The Morgan fingerprint density at radius 3 is 2.60 bits per heavy atom. The van der Waals surface area contributed by atoms with Crippen LogP contribution in [0.15, 0.2) is 30.3 Å². The first-order valence-corrected chi connectivity index (χ1v) is 8.99. The molecule has 0 aromatic heterocycles. The number of carbonyl (C=O) groups excluding carboxylic acids is 2. The molecule has 25 heavy (non-hydrogen) atoms. The molecule has 0 unspecified atom stereocenters. The molecule has 3 rings (SSSR count). The number of rotatable bonds is 6. The lowest BCUT2D eigenvalue weighted by Crippen LogP contribution is -2.49. The van der Waals surface area contributed by atoms with Crippen molar-refractivity contribution in [3.8, 4) is 0 Å². The van der Waals surface area contributed by atoms with Crippen LogP contribution in [0.5, 0.6) is 0 Å². The first-order valence-electron chi connectivity index (χ1n) is 8.99. The average Bonchev–Trinajstić information content (AvgIpc) is 3.08. The molecule has 7 heteroatoms. The molecule has 3 amide bonds. The lowest BCUT2D eigenvalue weighted by atomic mass is 10.2. The van der Waals surface area contributed by atoms with E-state index in [1.165, 1.54) is 5.69 Å². The minimum Gasteiger partial charge on any atom is -0.369 e. The van der Waals surface area contributed by atoms with Gasteiger partial charge in [-0.25, -0.2) is 4.79 Å². The maximum Gasteiger partial charge on any atom is 0.315 e. The normalized spacial score (nSPS) is 22.2. The third kappa shape index (κ3) is 4.85. The third-order valence-electron chi connectivity index (χ3n) is 4.85. The highest BCUT2D eigenvalue weighted by molar-refractivity contribution is 5.90. The highest BCUT2D eigenvalue weighted by atomic mass is 16.2. The van der Waals surface area contributed by atoms with Crippen LogP contribution in [0.25, 0.3) is 0 Å². The molecule has 2 atom stereocenters. The van der Waals surface area contributed by atoms with Gasteiger partial charge in [0.1, 0.15) is 6.04 Å². The Balaban J connectivity index is 1.35. The Kier molecular flexibility index (Phi) is 5.75. The van der Waals surface area contributed by atoms with Crippen LogP contribution in [-0.2, 0) is 4.79 Å². The highest BCUT2D eigenvalue weighted by Gasteiger charge is 2.27. The van der Waals surface area contributed by atoms with Crippen molar-refractivity contribution in [2.45, 2.75) is 25.4 Å². The van der Waals surface area contributed by atoms with Gasteiger partial charge in [-0.1, -0.05) is 18.2 Å². The monoisotopic (exact) mass is 345 g/mol. The van der Waals surface area contributed by atoms with Crippen molar-refractivity contribution in [1.29, 1.82) is 0 Å². The van der Waals surface area contributed by atoms with Gasteiger partial charge < -0.3 is 20.9 Å². The van der Waals surface area contributed by atoms with Crippen LogP contribution in [0.2, 0.25) is 0 Å². The Bertz CT molecular complexity index is 586. The number of anilines is 1. The van der Waals surface area contributed by atoms with Crippen LogP contribution in [0, 0.1) is 0 Å². The van der Waals surface area contributed by atoms with Crippen molar-refractivity contribution < 1.29 is 9.59 Å². The first-order chi connectivity index (χ1) is 12.1. The van der Waals surface area contributed by atoms with Crippen LogP contribution >= 0.6 is 0 Å². The number of nitrogens with one attached hydrogen (secondary N) is 3. The van der Waals surface area contributed by atoms with Crippen LogP contribution in [0.3, 0.4) is 0 Å². The lowest BCUT2D eigenvalue weighted by molar-refractivity contribution is -0.123. The maximum atomic E-state index is 12.1. The van der Waals surface area contributed by atoms with E-state index >= 15 is 0 Å². The van der Waals surface area contributed by atoms with Gasteiger partial charge >= 0.3 is 6.03 Å². The second kappa shape index (κ2) is 8.20. The molecule has 0 aliphatic carbocycles. The minimum absolute atomic E-state index is 0.0946. The number of benzene rings is 1. The smallest absolute Gasteiger partial charge is 0.315 e. The van der Waals surface area contributed by atoms with Gasteiger partial charge in [0.15, 0.2) is 0 Å². The predicted octanol–water partition coefficient (Wildman–Crippen LogP) is 0.385. The van der Waals surface area contributed by atoms with E-state index < -0.39 is 6.04 Å². The van der Waals surface area contributed by atoms with E-state index in [0.717, 1.165) is 39.1 Å². The van der Waals surface area contributed by atoms with Crippen LogP contribution in [0.1, 0.15) is 13.3 Å². The van der Waals surface area contributed by atoms with Crippen molar-refractivity contribution in [2.75, 3.05) is 44.2 Å². The van der Waals surface area contributed by atoms with Crippen molar-refractivity contribution in [1.82, 2.24) is 20.9 Å². The zero-order chi connectivity index (χ0) is 17.6. The fourth-order valence-electron chi connectivity index (χ4n) is 3.27. The van der Waals surface area contributed by atoms with Gasteiger partial charge in [-0.05, 0) is 25.5 Å². The first kappa shape index (κ1) is 17.5. The van der Waals surface area contributed by atoms with Gasteiger partial charge in [0.25, 0.3) is 0 Å². The van der Waals surface area contributed by atoms with Crippen LogP contribution in [0.4, 0.5) is 10.5 Å². The molecule has 2 saturated heterocycles. The fraction of sp³-hybridized carbons (Fsp3) is 0.556. The number of piperazine rings is 1. The summed E-state index contributed by atoms with van der Waals surface area (Å²) in [6.45, 7) is 7.49. The van der Waals surface area contributed by atoms with Gasteiger partial charge in [-0.15, -0.1) is 0 Å². The summed E-state index contributed by atoms with van der Waals surface area (Å²) in [6.07, 6.45) is 0.908. The van der Waals surface area contributed by atoms with E-state index in [1.807, 2.05) is 13.0 Å². The average molecular weight is 345 g/mol. The molecule has 0 bridgehead atoms. The van der Waals surface area contributed by atoms with Crippen molar-refractivity contribution in [3.63, 3.8) is 0 Å². The largest absolute Gasteiger partial charge is 0.369 e. The highest BCUT2D eigenvalue weighted by Crippen LogP contribution is 2.15. The van der Waals surface area contributed by atoms with Crippen LogP contribution in [-0.4, -0.2) is 68.2 Å². The second-order valence-electron chi connectivity index (χ2n) is 6.77. The van der Waals surface area contributed by atoms with Crippen molar-refractivity contribution in [2.24, 2.45) is 0 Å². The maximum absolute atomic E-state index is 12.1. The summed E-state index contributed by atoms with van der Waals surface area (Å²) < 4.78 is 0. The van der Waals surface area contributed by atoms with E-state index in [2.05, 4.69) is 50.0 Å². The van der Waals surface area contributed by atoms with E-state index in [0.29, 0.717) is 6.54 Å². The molecule has 0 saturated carbocycles. The summed E-state index contributed by atoms with van der Waals surface area (Å²) >= 11 is 0. The summed E-state index contributed by atoms with van der Waals surface area (Å²) in [5.74, 6) is -0.111. The molecular formula is C18H27N5O2. The molecule has 136 valence electrons. The molecule has 2 aliphatic heterocycles. The van der Waals surface area contributed by atoms with E-state index in [9.17, 15) is 9.59 Å². The summed E-state index contributed by atoms with van der Waals surface area (Å²) in [7, 11) is 0. The number of carbonyl (C=O) groups is 2. The van der Waals surface area contributed by atoms with E-state index in [1.54, 1.807) is 0 Å². The number of amides is 3. The lowest BCUT2D eigenvalue weighted by Gasteiger charge is -2.36. The van der Waals surface area contributed by atoms with Crippen LogP contribution < -0.4 is 20.9 Å². The van der Waals surface area contributed by atoms with Gasteiger partial charge in [0.05, 0.1) is 0 Å². The summed E-state index contributed by atoms with van der Waals surface area (Å²) in [5, 5.41) is 8.19. The molecule has 7 nitrogen and oxygen atoms in total. The molecule has 0 spiro atoms. The topological polar surface area (TPSA) is 76.7 Å².